The molecular weight excluding hydrogens is 380 g/mol. The molecule has 0 fully saturated rings. The summed E-state index contributed by atoms with van der Waals surface area (Å²) in [5.74, 6) is 0.413. The van der Waals surface area contributed by atoms with E-state index in [1.807, 2.05) is 24.3 Å². The lowest BCUT2D eigenvalue weighted by Crippen LogP contribution is -2.14. The van der Waals surface area contributed by atoms with E-state index in [0.717, 1.165) is 11.3 Å². The van der Waals surface area contributed by atoms with Crippen LogP contribution in [0.4, 0.5) is 11.4 Å². The average molecular weight is 400 g/mol. The predicted octanol–water partition coefficient (Wildman–Crippen LogP) is 2.08. The highest BCUT2D eigenvalue weighted by Crippen LogP contribution is 2.24. The fourth-order valence-corrected chi connectivity index (χ4v) is 2.69. The van der Waals surface area contributed by atoms with Crippen molar-refractivity contribution in [1.82, 2.24) is 19.6 Å². The maximum atomic E-state index is 12.2. The minimum absolute atomic E-state index is 0.0864. The summed E-state index contributed by atoms with van der Waals surface area (Å²) in [4.78, 5) is 22.5. The Balaban J connectivity index is 1.54. The number of anilines is 1. The first-order valence-electron chi connectivity index (χ1n) is 8.69. The van der Waals surface area contributed by atoms with Gasteiger partial charge < -0.3 is 14.8 Å². The van der Waals surface area contributed by atoms with Gasteiger partial charge in [0, 0.05) is 12.6 Å². The Morgan fingerprint density at radius 3 is 2.76 bits per heavy atom. The smallest absolute Gasteiger partial charge is 0.350 e. The molecule has 0 atom stereocenters. The summed E-state index contributed by atoms with van der Waals surface area (Å²) in [6.45, 7) is 0.706. The van der Waals surface area contributed by atoms with Gasteiger partial charge in [-0.05, 0) is 17.7 Å². The summed E-state index contributed by atoms with van der Waals surface area (Å²) in [5, 5.41) is 21.8. The first kappa shape index (κ1) is 19.9. The van der Waals surface area contributed by atoms with Crippen LogP contribution in [0.5, 0.6) is 11.6 Å². The summed E-state index contributed by atoms with van der Waals surface area (Å²) < 4.78 is 13.1. The molecule has 0 aliphatic carbocycles. The fourth-order valence-electron chi connectivity index (χ4n) is 2.69. The molecule has 0 radical (unpaired) electrons. The van der Waals surface area contributed by atoms with E-state index < -0.39 is 4.92 Å². The molecule has 1 aromatic carbocycles. The molecule has 152 valence electrons. The number of amides is 1. The SMILES string of the molecule is COc1cccc(Cn2cc(NC(=O)CCn3cc([N+](=O)[O-])c(OC)n3)cn2)c1. The number of hydrogen-bond donors (Lipinski definition) is 1. The average Bonchev–Trinajstić information content (AvgIpc) is 3.33. The van der Waals surface area contributed by atoms with Crippen molar-refractivity contribution in [3.63, 3.8) is 0 Å². The molecule has 1 amide bonds. The van der Waals surface area contributed by atoms with Crippen molar-refractivity contribution in [2.75, 3.05) is 19.5 Å². The topological polar surface area (TPSA) is 126 Å². The number of nitro groups is 1. The molecule has 11 nitrogen and oxygen atoms in total. The predicted molar refractivity (Wildman–Crippen MR) is 103 cm³/mol. The molecule has 29 heavy (non-hydrogen) atoms. The zero-order chi connectivity index (χ0) is 20.8. The Hall–Kier alpha value is -3.89. The molecule has 2 heterocycles. The molecule has 0 bridgehead atoms. The first-order valence-corrected chi connectivity index (χ1v) is 8.69. The van der Waals surface area contributed by atoms with Gasteiger partial charge in [0.1, 0.15) is 11.9 Å². The van der Waals surface area contributed by atoms with E-state index in [2.05, 4.69) is 15.5 Å². The summed E-state index contributed by atoms with van der Waals surface area (Å²) in [6.07, 6.45) is 4.60. The van der Waals surface area contributed by atoms with Gasteiger partial charge in [-0.25, -0.2) is 0 Å². The molecule has 3 rings (SSSR count). The molecule has 3 aromatic rings. The second-order valence-electron chi connectivity index (χ2n) is 6.12. The van der Waals surface area contributed by atoms with Crippen LogP contribution in [0.1, 0.15) is 12.0 Å². The van der Waals surface area contributed by atoms with Crippen molar-refractivity contribution >= 4 is 17.3 Å². The van der Waals surface area contributed by atoms with Crippen LogP contribution in [0.15, 0.2) is 42.9 Å². The minimum atomic E-state index is -0.584. The summed E-state index contributed by atoms with van der Waals surface area (Å²) in [5.41, 5.74) is 1.33. The van der Waals surface area contributed by atoms with Crippen molar-refractivity contribution in [2.45, 2.75) is 19.5 Å². The Morgan fingerprint density at radius 2 is 2.07 bits per heavy atom. The molecular formula is C18H20N6O5. The van der Waals surface area contributed by atoms with Crippen LogP contribution in [0.2, 0.25) is 0 Å². The van der Waals surface area contributed by atoms with Gasteiger partial charge in [-0.1, -0.05) is 12.1 Å². The van der Waals surface area contributed by atoms with Crippen molar-refractivity contribution in [3.05, 3.63) is 58.5 Å². The van der Waals surface area contributed by atoms with Crippen molar-refractivity contribution in [3.8, 4) is 11.6 Å². The number of carbonyl (C=O) groups excluding carboxylic acids is 1. The number of benzene rings is 1. The third-order valence-electron chi connectivity index (χ3n) is 4.06. The lowest BCUT2D eigenvalue weighted by atomic mass is 10.2. The lowest BCUT2D eigenvalue weighted by Gasteiger charge is -2.05. The number of aromatic nitrogens is 4. The first-order chi connectivity index (χ1) is 14.0. The number of methoxy groups -OCH3 is 2. The van der Waals surface area contributed by atoms with E-state index in [9.17, 15) is 14.9 Å². The number of nitrogens with one attached hydrogen (secondary N) is 1. The van der Waals surface area contributed by atoms with Gasteiger partial charge in [-0.3, -0.25) is 24.3 Å². The Kier molecular flexibility index (Phi) is 6.07. The fraction of sp³-hybridized carbons (Fsp3) is 0.278. The summed E-state index contributed by atoms with van der Waals surface area (Å²) >= 11 is 0. The quantitative estimate of drug-likeness (QED) is 0.430. The number of rotatable bonds is 9. The number of hydrogen-bond acceptors (Lipinski definition) is 7. The monoisotopic (exact) mass is 400 g/mol. The minimum Gasteiger partial charge on any atom is -0.497 e. The zero-order valence-corrected chi connectivity index (χ0v) is 15.9. The lowest BCUT2D eigenvalue weighted by molar-refractivity contribution is -0.385. The molecule has 0 aliphatic rings. The molecule has 2 aromatic heterocycles. The molecule has 11 heteroatoms. The number of ether oxygens (including phenoxy) is 2. The maximum absolute atomic E-state index is 12.2. The normalized spacial score (nSPS) is 10.6. The zero-order valence-electron chi connectivity index (χ0n) is 15.9. The van der Waals surface area contributed by atoms with Gasteiger partial charge in [0.2, 0.25) is 5.91 Å². The number of carbonyl (C=O) groups is 1. The highest BCUT2D eigenvalue weighted by atomic mass is 16.6. The van der Waals surface area contributed by atoms with E-state index in [4.69, 9.17) is 9.47 Å². The molecule has 0 spiro atoms. The molecule has 0 aliphatic heterocycles. The molecule has 0 unspecified atom stereocenters. The third kappa shape index (κ3) is 5.09. The van der Waals surface area contributed by atoms with Crippen molar-refractivity contribution in [2.24, 2.45) is 0 Å². The largest absolute Gasteiger partial charge is 0.497 e. The standard InChI is InChI=1S/C18H20N6O5/c1-28-15-5-3-4-13(8-15)10-23-11-14(9-19-23)20-17(25)6-7-22-12-16(24(26)27)18(21-22)29-2/h3-5,8-9,11-12H,6-7,10H2,1-2H3,(H,20,25). The van der Waals surface area contributed by atoms with E-state index in [0.29, 0.717) is 12.2 Å². The van der Waals surface area contributed by atoms with Crippen LogP contribution < -0.4 is 14.8 Å². The number of nitrogens with zero attached hydrogens (tertiary/aromatic N) is 5. The van der Waals surface area contributed by atoms with Crippen LogP contribution in [-0.2, 0) is 17.9 Å². The van der Waals surface area contributed by atoms with E-state index in [1.165, 1.54) is 18.0 Å². The van der Waals surface area contributed by atoms with Crippen LogP contribution >= 0.6 is 0 Å². The molecule has 0 saturated carbocycles. The molecule has 0 saturated heterocycles. The van der Waals surface area contributed by atoms with Crippen LogP contribution in [0.3, 0.4) is 0 Å². The second-order valence-corrected chi connectivity index (χ2v) is 6.12. The molecule has 1 N–H and O–H groups in total. The third-order valence-corrected chi connectivity index (χ3v) is 4.06. The highest BCUT2D eigenvalue weighted by Gasteiger charge is 2.20. The Morgan fingerprint density at radius 1 is 1.24 bits per heavy atom. The van der Waals surface area contributed by atoms with Crippen molar-refractivity contribution < 1.29 is 19.2 Å². The Labute approximate surface area is 166 Å². The second kappa shape index (κ2) is 8.87. The number of aryl methyl sites for hydroxylation is 1. The van der Waals surface area contributed by atoms with Gasteiger partial charge in [-0.15, -0.1) is 5.10 Å². The van der Waals surface area contributed by atoms with Crippen LogP contribution in [0.25, 0.3) is 0 Å². The highest BCUT2D eigenvalue weighted by molar-refractivity contribution is 5.90. The van der Waals surface area contributed by atoms with Gasteiger partial charge in [-0.2, -0.15) is 5.10 Å². The van der Waals surface area contributed by atoms with Crippen molar-refractivity contribution in [1.29, 1.82) is 0 Å². The van der Waals surface area contributed by atoms with Gasteiger partial charge >= 0.3 is 11.6 Å². The Bertz CT molecular complexity index is 1010. The van der Waals surface area contributed by atoms with E-state index in [-0.39, 0.29) is 30.4 Å². The van der Waals surface area contributed by atoms with E-state index in [1.54, 1.807) is 24.2 Å². The summed E-state index contributed by atoms with van der Waals surface area (Å²) in [7, 11) is 2.91. The van der Waals surface area contributed by atoms with Crippen LogP contribution in [0, 0.1) is 10.1 Å². The van der Waals surface area contributed by atoms with Crippen LogP contribution in [-0.4, -0.2) is 44.6 Å². The van der Waals surface area contributed by atoms with E-state index >= 15 is 0 Å². The van der Waals surface area contributed by atoms with Gasteiger partial charge in [0.05, 0.1) is 44.1 Å². The summed E-state index contributed by atoms with van der Waals surface area (Å²) in [6, 6.07) is 7.63. The van der Waals surface area contributed by atoms with Gasteiger partial charge in [0.15, 0.2) is 0 Å². The van der Waals surface area contributed by atoms with Gasteiger partial charge in [0.25, 0.3) is 0 Å². The maximum Gasteiger partial charge on any atom is 0.350 e.